The number of nitrogens with zero attached hydrogens (tertiary/aromatic N) is 1. The molecule has 0 saturated carbocycles. The molecule has 0 aliphatic heterocycles. The van der Waals surface area contributed by atoms with Crippen molar-refractivity contribution in [2.24, 2.45) is 5.41 Å². The number of methoxy groups -OCH3 is 2. The lowest BCUT2D eigenvalue weighted by Crippen LogP contribution is -2.27. The molecule has 28 heavy (non-hydrogen) atoms. The van der Waals surface area contributed by atoms with Gasteiger partial charge in [0.1, 0.15) is 5.01 Å². The van der Waals surface area contributed by atoms with Gasteiger partial charge in [-0.1, -0.05) is 32.9 Å². The minimum absolute atomic E-state index is 0.00959. The molecule has 6 heteroatoms. The van der Waals surface area contributed by atoms with Crippen LogP contribution in [0, 0.1) is 5.41 Å². The first-order chi connectivity index (χ1) is 13.3. The summed E-state index contributed by atoms with van der Waals surface area (Å²) in [6.07, 6.45) is 0. The summed E-state index contributed by atoms with van der Waals surface area (Å²) in [7, 11) is 3.24. The number of ether oxygens (including phenoxy) is 2. The second-order valence-electron chi connectivity index (χ2n) is 7.39. The Morgan fingerprint density at radius 1 is 0.964 bits per heavy atom. The van der Waals surface area contributed by atoms with E-state index in [1.54, 1.807) is 25.6 Å². The highest BCUT2D eigenvalue weighted by Crippen LogP contribution is 2.35. The van der Waals surface area contributed by atoms with E-state index in [2.05, 4.69) is 5.32 Å². The van der Waals surface area contributed by atoms with Crippen LogP contribution < -0.4 is 14.8 Å². The molecule has 3 rings (SSSR count). The zero-order valence-electron chi connectivity index (χ0n) is 16.7. The molecular formula is C22H24N2O3S. The number of thiazole rings is 1. The maximum absolute atomic E-state index is 12.1. The summed E-state index contributed by atoms with van der Waals surface area (Å²) < 4.78 is 10.7. The molecule has 0 saturated heterocycles. The lowest BCUT2D eigenvalue weighted by atomic mass is 9.95. The van der Waals surface area contributed by atoms with E-state index in [0.717, 1.165) is 27.5 Å². The van der Waals surface area contributed by atoms with E-state index in [0.29, 0.717) is 11.5 Å². The number of hydrogen-bond acceptors (Lipinski definition) is 5. The van der Waals surface area contributed by atoms with Crippen LogP contribution in [0.1, 0.15) is 20.8 Å². The normalized spacial score (nSPS) is 11.2. The number of nitrogens with one attached hydrogen (secondary N) is 1. The number of hydrogen-bond donors (Lipinski definition) is 1. The van der Waals surface area contributed by atoms with Crippen LogP contribution in [-0.2, 0) is 4.79 Å². The van der Waals surface area contributed by atoms with E-state index in [-0.39, 0.29) is 5.91 Å². The molecule has 0 aliphatic rings. The van der Waals surface area contributed by atoms with Crippen LogP contribution in [0.5, 0.6) is 11.5 Å². The molecule has 0 bridgehead atoms. The summed E-state index contributed by atoms with van der Waals surface area (Å²) in [5.74, 6) is 1.36. The molecule has 1 heterocycles. The molecule has 0 aliphatic carbocycles. The molecule has 1 aromatic heterocycles. The predicted molar refractivity (Wildman–Crippen MR) is 114 cm³/mol. The van der Waals surface area contributed by atoms with E-state index in [1.807, 2.05) is 68.6 Å². The molecular weight excluding hydrogens is 372 g/mol. The largest absolute Gasteiger partial charge is 0.493 e. The fourth-order valence-corrected chi connectivity index (χ4v) is 3.38. The minimum Gasteiger partial charge on any atom is -0.493 e. The summed E-state index contributed by atoms with van der Waals surface area (Å²) in [5, 5.41) is 5.86. The van der Waals surface area contributed by atoms with Crippen LogP contribution in [0.2, 0.25) is 0 Å². The Bertz CT molecular complexity index is 972. The van der Waals surface area contributed by atoms with E-state index in [4.69, 9.17) is 14.5 Å². The van der Waals surface area contributed by atoms with E-state index < -0.39 is 5.41 Å². The third-order valence-corrected chi connectivity index (χ3v) is 5.15. The van der Waals surface area contributed by atoms with Crippen molar-refractivity contribution in [3.63, 3.8) is 0 Å². The molecule has 0 atom stereocenters. The third kappa shape index (κ3) is 4.34. The van der Waals surface area contributed by atoms with Gasteiger partial charge in [0, 0.05) is 27.6 Å². The second-order valence-corrected chi connectivity index (χ2v) is 8.25. The van der Waals surface area contributed by atoms with Crippen molar-refractivity contribution in [2.75, 3.05) is 19.5 Å². The van der Waals surface area contributed by atoms with Gasteiger partial charge < -0.3 is 14.8 Å². The summed E-state index contributed by atoms with van der Waals surface area (Å²) in [5.41, 5.74) is 3.21. The van der Waals surface area contributed by atoms with Gasteiger partial charge in [-0.2, -0.15) is 0 Å². The number of aromatic nitrogens is 1. The Morgan fingerprint density at radius 2 is 1.61 bits per heavy atom. The highest BCUT2D eigenvalue weighted by Gasteiger charge is 2.21. The maximum Gasteiger partial charge on any atom is 0.229 e. The van der Waals surface area contributed by atoms with Gasteiger partial charge in [0.2, 0.25) is 5.91 Å². The SMILES string of the molecule is COc1ccc(-c2nc(-c3ccc(NC(=O)C(C)(C)C)cc3)cs2)cc1OC. The van der Waals surface area contributed by atoms with Crippen molar-refractivity contribution < 1.29 is 14.3 Å². The van der Waals surface area contributed by atoms with Crippen LogP contribution in [0.3, 0.4) is 0 Å². The smallest absolute Gasteiger partial charge is 0.229 e. The summed E-state index contributed by atoms with van der Waals surface area (Å²) in [6.45, 7) is 5.67. The monoisotopic (exact) mass is 396 g/mol. The number of amides is 1. The fraction of sp³-hybridized carbons (Fsp3) is 0.273. The molecule has 5 nitrogen and oxygen atoms in total. The molecule has 2 aromatic carbocycles. The van der Waals surface area contributed by atoms with Crippen molar-refractivity contribution in [2.45, 2.75) is 20.8 Å². The van der Waals surface area contributed by atoms with Crippen LogP contribution in [-0.4, -0.2) is 25.1 Å². The van der Waals surface area contributed by atoms with Gasteiger partial charge in [-0.05, 0) is 30.3 Å². The molecule has 0 fully saturated rings. The Kier molecular flexibility index (Phi) is 5.70. The molecule has 1 amide bonds. The van der Waals surface area contributed by atoms with Gasteiger partial charge in [-0.15, -0.1) is 11.3 Å². The molecule has 146 valence electrons. The van der Waals surface area contributed by atoms with E-state index >= 15 is 0 Å². The molecule has 0 unspecified atom stereocenters. The number of carbonyl (C=O) groups excluding carboxylic acids is 1. The quantitative estimate of drug-likeness (QED) is 0.620. The summed E-state index contributed by atoms with van der Waals surface area (Å²) >= 11 is 1.57. The first-order valence-electron chi connectivity index (χ1n) is 8.91. The Balaban J connectivity index is 1.80. The lowest BCUT2D eigenvalue weighted by Gasteiger charge is -2.17. The van der Waals surface area contributed by atoms with E-state index in [9.17, 15) is 4.79 Å². The van der Waals surface area contributed by atoms with Crippen LogP contribution in [0.25, 0.3) is 21.8 Å². The highest BCUT2D eigenvalue weighted by molar-refractivity contribution is 7.13. The van der Waals surface area contributed by atoms with Gasteiger partial charge >= 0.3 is 0 Å². The number of carbonyl (C=O) groups is 1. The number of benzene rings is 2. The molecule has 3 aromatic rings. The topological polar surface area (TPSA) is 60.5 Å². The second kappa shape index (κ2) is 8.02. The average Bonchev–Trinajstić information content (AvgIpc) is 3.17. The fourth-order valence-electron chi connectivity index (χ4n) is 2.55. The molecule has 0 radical (unpaired) electrons. The van der Waals surface area contributed by atoms with Crippen LogP contribution in [0.4, 0.5) is 5.69 Å². The maximum atomic E-state index is 12.1. The van der Waals surface area contributed by atoms with Gasteiger partial charge in [-0.3, -0.25) is 4.79 Å². The van der Waals surface area contributed by atoms with Crippen LogP contribution in [0.15, 0.2) is 47.8 Å². The highest BCUT2D eigenvalue weighted by atomic mass is 32.1. The molecule has 0 spiro atoms. The summed E-state index contributed by atoms with van der Waals surface area (Å²) in [6, 6.07) is 13.5. The first kappa shape index (κ1) is 19.9. The number of rotatable bonds is 5. The lowest BCUT2D eigenvalue weighted by molar-refractivity contribution is -0.123. The van der Waals surface area contributed by atoms with Gasteiger partial charge in [0.15, 0.2) is 11.5 Å². The number of anilines is 1. The molecule has 1 N–H and O–H groups in total. The van der Waals surface area contributed by atoms with E-state index in [1.165, 1.54) is 0 Å². The predicted octanol–water partition coefficient (Wildman–Crippen LogP) is 5.48. The standard InChI is InChI=1S/C22H24N2O3S/c1-22(2,3)21(25)23-16-9-6-14(7-10-16)17-13-28-20(24-17)15-8-11-18(26-4)19(12-15)27-5/h6-13H,1-5H3,(H,23,25). The van der Waals surface area contributed by atoms with Crippen molar-refractivity contribution in [1.82, 2.24) is 4.98 Å². The van der Waals surface area contributed by atoms with Gasteiger partial charge in [0.25, 0.3) is 0 Å². The Labute approximate surface area is 169 Å². The minimum atomic E-state index is -0.429. The first-order valence-corrected chi connectivity index (χ1v) is 9.79. The summed E-state index contributed by atoms with van der Waals surface area (Å²) in [4.78, 5) is 16.9. The van der Waals surface area contributed by atoms with Crippen molar-refractivity contribution in [3.8, 4) is 33.3 Å². The third-order valence-electron chi connectivity index (χ3n) is 4.25. The zero-order valence-corrected chi connectivity index (χ0v) is 17.5. The Morgan fingerprint density at radius 3 is 2.21 bits per heavy atom. The van der Waals surface area contributed by atoms with Crippen molar-refractivity contribution in [3.05, 3.63) is 47.8 Å². The van der Waals surface area contributed by atoms with Crippen LogP contribution >= 0.6 is 11.3 Å². The van der Waals surface area contributed by atoms with Crippen molar-refractivity contribution in [1.29, 1.82) is 0 Å². The zero-order chi connectivity index (χ0) is 20.3. The average molecular weight is 397 g/mol. The van der Waals surface area contributed by atoms with Crippen molar-refractivity contribution >= 4 is 22.9 Å². The van der Waals surface area contributed by atoms with Gasteiger partial charge in [0.05, 0.1) is 19.9 Å². The Hall–Kier alpha value is -2.86. The van der Waals surface area contributed by atoms with Gasteiger partial charge in [-0.25, -0.2) is 4.98 Å².